The number of aromatic nitrogens is 2. The van der Waals surface area contributed by atoms with Gasteiger partial charge in [-0.3, -0.25) is 0 Å². The lowest BCUT2D eigenvalue weighted by Crippen LogP contribution is -2.04. The number of nitrogens with two attached hydrogens (primary N) is 1. The van der Waals surface area contributed by atoms with E-state index in [9.17, 15) is 8.78 Å². The minimum atomic E-state index is -0.480. The molecule has 4 nitrogen and oxygen atoms in total. The van der Waals surface area contributed by atoms with Crippen LogP contribution in [0, 0.1) is 11.6 Å². The molecule has 0 saturated carbocycles. The molecule has 0 spiro atoms. The number of rotatable bonds is 3. The molecule has 3 N–H and O–H groups in total. The van der Waals surface area contributed by atoms with Crippen molar-refractivity contribution >= 4 is 11.6 Å². The van der Waals surface area contributed by atoms with E-state index in [-0.39, 0.29) is 12.1 Å². The van der Waals surface area contributed by atoms with Gasteiger partial charge in [-0.2, -0.15) is 0 Å². The van der Waals surface area contributed by atoms with Crippen LogP contribution in [0.3, 0.4) is 0 Å². The number of anilines is 2. The maximum Gasteiger partial charge on any atom is 0.144 e. The molecule has 6 heteroatoms. The van der Waals surface area contributed by atoms with Gasteiger partial charge < -0.3 is 11.1 Å². The zero-order valence-corrected chi connectivity index (χ0v) is 8.82. The zero-order valence-electron chi connectivity index (χ0n) is 8.82. The lowest BCUT2D eigenvalue weighted by molar-refractivity contribution is 0.587. The van der Waals surface area contributed by atoms with Crippen molar-refractivity contribution < 1.29 is 8.78 Å². The van der Waals surface area contributed by atoms with Gasteiger partial charge in [0.2, 0.25) is 0 Å². The van der Waals surface area contributed by atoms with Gasteiger partial charge in [-0.05, 0) is 18.2 Å². The third-order valence-electron chi connectivity index (χ3n) is 2.14. The maximum atomic E-state index is 13.3. The van der Waals surface area contributed by atoms with Crippen LogP contribution in [-0.2, 0) is 6.54 Å². The van der Waals surface area contributed by atoms with Crippen LogP contribution in [-0.4, -0.2) is 9.97 Å². The fraction of sp³-hybridized carbons (Fsp3) is 0.0909. The molecule has 0 unspecified atom stereocenters. The topological polar surface area (TPSA) is 63.8 Å². The Hall–Kier alpha value is -2.24. The quantitative estimate of drug-likeness (QED) is 0.854. The lowest BCUT2D eigenvalue weighted by atomic mass is 10.2. The summed E-state index contributed by atoms with van der Waals surface area (Å²) in [7, 11) is 0. The standard InChI is InChI=1S/C11H10F2N4/c12-8-1-2-9(13)7(3-8)4-16-11-6-15-10(14)5-17-11/h1-3,5-6H,4H2,(H2,14,15)(H,16,17). The summed E-state index contributed by atoms with van der Waals surface area (Å²) in [6.07, 6.45) is 2.80. The van der Waals surface area contributed by atoms with Gasteiger partial charge in [-0.1, -0.05) is 0 Å². The highest BCUT2D eigenvalue weighted by atomic mass is 19.1. The van der Waals surface area contributed by atoms with E-state index in [4.69, 9.17) is 5.73 Å². The average Bonchev–Trinajstić information content (AvgIpc) is 2.32. The van der Waals surface area contributed by atoms with Gasteiger partial charge >= 0.3 is 0 Å². The first kappa shape index (κ1) is 11.3. The molecule has 1 aromatic heterocycles. The van der Waals surface area contributed by atoms with Crippen molar-refractivity contribution in [1.82, 2.24) is 9.97 Å². The van der Waals surface area contributed by atoms with E-state index in [1.165, 1.54) is 12.4 Å². The second kappa shape index (κ2) is 4.73. The van der Waals surface area contributed by atoms with Crippen LogP contribution in [0.25, 0.3) is 0 Å². The van der Waals surface area contributed by atoms with Gasteiger partial charge in [0.1, 0.15) is 23.3 Å². The molecule has 0 radical (unpaired) electrons. The Kier molecular flexibility index (Phi) is 3.13. The Morgan fingerprint density at radius 3 is 2.71 bits per heavy atom. The first-order valence-corrected chi connectivity index (χ1v) is 4.90. The summed E-state index contributed by atoms with van der Waals surface area (Å²) in [5.41, 5.74) is 5.59. The van der Waals surface area contributed by atoms with Crippen molar-refractivity contribution in [2.45, 2.75) is 6.54 Å². The summed E-state index contributed by atoms with van der Waals surface area (Å²) in [5.74, 6) is -0.204. The SMILES string of the molecule is Nc1cnc(NCc2cc(F)ccc2F)cn1. The Bertz CT molecular complexity index is 513. The summed E-state index contributed by atoms with van der Waals surface area (Å²) >= 11 is 0. The summed E-state index contributed by atoms with van der Waals surface area (Å²) in [6.45, 7) is 0.127. The fourth-order valence-electron chi connectivity index (χ4n) is 1.29. The summed E-state index contributed by atoms with van der Waals surface area (Å²) in [4.78, 5) is 7.75. The van der Waals surface area contributed by atoms with Crippen LogP contribution in [0.2, 0.25) is 0 Å². The first-order chi connectivity index (χ1) is 8.15. The molecule has 17 heavy (non-hydrogen) atoms. The Morgan fingerprint density at radius 1 is 1.18 bits per heavy atom. The molecular formula is C11H10F2N4. The smallest absolute Gasteiger partial charge is 0.144 e. The van der Waals surface area contributed by atoms with E-state index in [2.05, 4.69) is 15.3 Å². The van der Waals surface area contributed by atoms with E-state index in [1.54, 1.807) is 0 Å². The van der Waals surface area contributed by atoms with Crippen molar-refractivity contribution in [2.24, 2.45) is 0 Å². The van der Waals surface area contributed by atoms with E-state index >= 15 is 0 Å². The van der Waals surface area contributed by atoms with Gasteiger partial charge in [0, 0.05) is 12.1 Å². The summed E-state index contributed by atoms with van der Waals surface area (Å²) in [5, 5.41) is 2.82. The number of nitrogen functional groups attached to an aromatic ring is 1. The van der Waals surface area contributed by atoms with Gasteiger partial charge in [0.15, 0.2) is 0 Å². The molecule has 0 fully saturated rings. The molecule has 0 aliphatic rings. The largest absolute Gasteiger partial charge is 0.382 e. The van der Waals surface area contributed by atoms with Crippen molar-refractivity contribution in [3.05, 3.63) is 47.8 Å². The first-order valence-electron chi connectivity index (χ1n) is 4.90. The number of hydrogen-bond acceptors (Lipinski definition) is 4. The molecular weight excluding hydrogens is 226 g/mol. The van der Waals surface area contributed by atoms with Gasteiger partial charge in [-0.25, -0.2) is 18.7 Å². The highest BCUT2D eigenvalue weighted by molar-refractivity contribution is 5.37. The van der Waals surface area contributed by atoms with Gasteiger partial charge in [0.25, 0.3) is 0 Å². The molecule has 2 aromatic rings. The predicted octanol–water partition coefficient (Wildman–Crippen LogP) is 1.95. The van der Waals surface area contributed by atoms with Crippen LogP contribution < -0.4 is 11.1 Å². The van der Waals surface area contributed by atoms with E-state index in [0.717, 1.165) is 18.2 Å². The number of halogens is 2. The Labute approximate surface area is 96.5 Å². The Morgan fingerprint density at radius 2 is 2.00 bits per heavy atom. The number of nitrogens with one attached hydrogen (secondary N) is 1. The second-order valence-electron chi connectivity index (χ2n) is 3.42. The zero-order chi connectivity index (χ0) is 12.3. The second-order valence-corrected chi connectivity index (χ2v) is 3.42. The number of nitrogens with zero attached hydrogens (tertiary/aromatic N) is 2. The van der Waals surface area contributed by atoms with E-state index < -0.39 is 11.6 Å². The molecule has 0 bridgehead atoms. The van der Waals surface area contributed by atoms with Gasteiger partial charge in [-0.15, -0.1) is 0 Å². The van der Waals surface area contributed by atoms with Crippen molar-refractivity contribution in [2.75, 3.05) is 11.1 Å². The normalized spacial score (nSPS) is 10.2. The molecule has 0 atom stereocenters. The monoisotopic (exact) mass is 236 g/mol. The number of hydrogen-bond donors (Lipinski definition) is 2. The van der Waals surface area contributed by atoms with E-state index in [0.29, 0.717) is 11.6 Å². The van der Waals surface area contributed by atoms with Crippen LogP contribution in [0.1, 0.15) is 5.56 Å². The molecule has 2 rings (SSSR count). The van der Waals surface area contributed by atoms with Crippen LogP contribution >= 0.6 is 0 Å². The van der Waals surface area contributed by atoms with Crippen LogP contribution in [0.5, 0.6) is 0 Å². The third kappa shape index (κ3) is 2.87. The molecule has 0 aliphatic carbocycles. The molecule has 88 valence electrons. The van der Waals surface area contributed by atoms with Crippen LogP contribution in [0.4, 0.5) is 20.4 Å². The molecule has 1 heterocycles. The maximum absolute atomic E-state index is 13.3. The average molecular weight is 236 g/mol. The summed E-state index contributed by atoms with van der Waals surface area (Å²) in [6, 6.07) is 3.29. The minimum Gasteiger partial charge on any atom is -0.382 e. The van der Waals surface area contributed by atoms with E-state index in [1.807, 2.05) is 0 Å². The highest BCUT2D eigenvalue weighted by Gasteiger charge is 2.04. The third-order valence-corrected chi connectivity index (χ3v) is 2.14. The predicted molar refractivity (Wildman–Crippen MR) is 60.1 cm³/mol. The fourth-order valence-corrected chi connectivity index (χ4v) is 1.29. The van der Waals surface area contributed by atoms with Crippen molar-refractivity contribution in [3.63, 3.8) is 0 Å². The summed E-state index contributed by atoms with van der Waals surface area (Å²) < 4.78 is 26.2. The highest BCUT2D eigenvalue weighted by Crippen LogP contribution is 2.11. The van der Waals surface area contributed by atoms with Crippen molar-refractivity contribution in [3.8, 4) is 0 Å². The lowest BCUT2D eigenvalue weighted by Gasteiger charge is -2.06. The molecule has 0 aliphatic heterocycles. The van der Waals surface area contributed by atoms with Gasteiger partial charge in [0.05, 0.1) is 12.4 Å². The molecule has 0 saturated heterocycles. The van der Waals surface area contributed by atoms with Crippen LogP contribution in [0.15, 0.2) is 30.6 Å². The molecule has 1 aromatic carbocycles. The molecule has 0 amide bonds. The Balaban J connectivity index is 2.07. The van der Waals surface area contributed by atoms with Crippen molar-refractivity contribution in [1.29, 1.82) is 0 Å². The number of benzene rings is 1. The minimum absolute atomic E-state index is 0.127.